The van der Waals surface area contributed by atoms with Crippen LogP contribution in [0, 0.1) is 18.7 Å². The Morgan fingerprint density at radius 1 is 1.12 bits per heavy atom. The van der Waals surface area contributed by atoms with E-state index in [1.807, 2.05) is 13.8 Å². The molecule has 0 aliphatic rings. The van der Waals surface area contributed by atoms with Crippen molar-refractivity contribution < 1.29 is 18.7 Å². The molecule has 2 aromatic rings. The lowest BCUT2D eigenvalue weighted by Crippen LogP contribution is -2.47. The molecule has 0 spiro atoms. The summed E-state index contributed by atoms with van der Waals surface area (Å²) in [7, 11) is 1.48. The number of methoxy groups -OCH3 is 1. The number of anilines is 1. The molecule has 0 bridgehead atoms. The number of ether oxygens (including phenoxy) is 1. The maximum atomic E-state index is 13.4. The highest BCUT2D eigenvalue weighted by molar-refractivity contribution is 6.02. The van der Waals surface area contributed by atoms with Gasteiger partial charge in [0.2, 0.25) is 5.91 Å². The summed E-state index contributed by atoms with van der Waals surface area (Å²) >= 11 is 0. The van der Waals surface area contributed by atoms with Crippen molar-refractivity contribution in [2.24, 2.45) is 5.92 Å². The minimum absolute atomic E-state index is 0.164. The Hall–Kier alpha value is -2.89. The third-order valence-electron chi connectivity index (χ3n) is 4.04. The highest BCUT2D eigenvalue weighted by Gasteiger charge is 2.26. The Labute approximate surface area is 152 Å². The van der Waals surface area contributed by atoms with Crippen molar-refractivity contribution in [3.05, 3.63) is 59.4 Å². The third kappa shape index (κ3) is 4.59. The van der Waals surface area contributed by atoms with Crippen LogP contribution >= 0.6 is 0 Å². The molecule has 0 aliphatic carbocycles. The normalized spacial score (nSPS) is 11.8. The first kappa shape index (κ1) is 19.4. The Bertz CT molecular complexity index is 805. The van der Waals surface area contributed by atoms with Crippen LogP contribution in [0.15, 0.2) is 42.5 Å². The summed E-state index contributed by atoms with van der Waals surface area (Å²) in [6, 6.07) is 10.2. The summed E-state index contributed by atoms with van der Waals surface area (Å²) in [5.74, 6) is -0.995. The van der Waals surface area contributed by atoms with Gasteiger partial charge in [-0.15, -0.1) is 0 Å². The molecule has 2 aromatic carbocycles. The molecule has 5 nitrogen and oxygen atoms in total. The molecule has 2 rings (SSSR count). The number of carbonyl (C=O) groups is 2. The minimum Gasteiger partial charge on any atom is -0.496 e. The first-order chi connectivity index (χ1) is 12.3. The second-order valence-electron chi connectivity index (χ2n) is 6.34. The summed E-state index contributed by atoms with van der Waals surface area (Å²) in [4.78, 5) is 25.2. The lowest BCUT2D eigenvalue weighted by atomic mass is 10.0. The molecule has 1 atom stereocenters. The van der Waals surface area contributed by atoms with Gasteiger partial charge in [-0.05, 0) is 42.7 Å². The molecule has 0 heterocycles. The predicted octanol–water partition coefficient (Wildman–Crippen LogP) is 3.54. The average molecular weight is 358 g/mol. The van der Waals surface area contributed by atoms with E-state index in [2.05, 4.69) is 10.6 Å². The molecular weight excluding hydrogens is 335 g/mol. The SMILES string of the molecule is COc1ccccc1C(=O)NC(C(=O)Nc1cc(F)ccc1C)C(C)C. The zero-order chi connectivity index (χ0) is 19.3. The standard InChI is InChI=1S/C20H23FN2O3/c1-12(2)18(20(25)22-16-11-14(21)10-9-13(16)3)23-19(24)15-7-5-6-8-17(15)26-4/h5-12,18H,1-4H3,(H,22,25)(H,23,24). The van der Waals surface area contributed by atoms with Gasteiger partial charge in [0, 0.05) is 5.69 Å². The van der Waals surface area contributed by atoms with E-state index in [-0.39, 0.29) is 5.92 Å². The number of nitrogens with one attached hydrogen (secondary N) is 2. The van der Waals surface area contributed by atoms with Gasteiger partial charge >= 0.3 is 0 Å². The molecule has 26 heavy (non-hydrogen) atoms. The van der Waals surface area contributed by atoms with Crippen molar-refractivity contribution in [1.29, 1.82) is 0 Å². The fourth-order valence-corrected chi connectivity index (χ4v) is 2.53. The number of carbonyl (C=O) groups excluding carboxylic acids is 2. The van der Waals surface area contributed by atoms with Crippen LogP contribution in [-0.2, 0) is 4.79 Å². The molecule has 0 aliphatic heterocycles. The maximum absolute atomic E-state index is 13.4. The van der Waals surface area contributed by atoms with Crippen LogP contribution in [0.25, 0.3) is 0 Å². The van der Waals surface area contributed by atoms with E-state index >= 15 is 0 Å². The Morgan fingerprint density at radius 2 is 1.81 bits per heavy atom. The summed E-state index contributed by atoms with van der Waals surface area (Å²) in [6.45, 7) is 5.42. The van der Waals surface area contributed by atoms with E-state index in [9.17, 15) is 14.0 Å². The van der Waals surface area contributed by atoms with Crippen LogP contribution in [0.5, 0.6) is 5.75 Å². The second-order valence-corrected chi connectivity index (χ2v) is 6.34. The van der Waals surface area contributed by atoms with Gasteiger partial charge in [0.15, 0.2) is 0 Å². The molecule has 2 N–H and O–H groups in total. The predicted molar refractivity (Wildman–Crippen MR) is 98.9 cm³/mol. The van der Waals surface area contributed by atoms with Gasteiger partial charge in [-0.1, -0.05) is 32.0 Å². The summed E-state index contributed by atoms with van der Waals surface area (Å²) in [6.07, 6.45) is 0. The van der Waals surface area contributed by atoms with E-state index < -0.39 is 23.7 Å². The van der Waals surface area contributed by atoms with Gasteiger partial charge in [-0.25, -0.2) is 4.39 Å². The minimum atomic E-state index is -0.782. The molecule has 0 saturated carbocycles. The largest absolute Gasteiger partial charge is 0.496 e. The van der Waals surface area contributed by atoms with Gasteiger partial charge in [0.25, 0.3) is 5.91 Å². The molecule has 138 valence electrons. The molecule has 6 heteroatoms. The number of aryl methyl sites for hydroxylation is 1. The van der Waals surface area contributed by atoms with Crippen molar-refractivity contribution in [2.75, 3.05) is 12.4 Å². The zero-order valence-electron chi connectivity index (χ0n) is 15.3. The van der Waals surface area contributed by atoms with Gasteiger partial charge in [0.1, 0.15) is 17.6 Å². The van der Waals surface area contributed by atoms with E-state index in [4.69, 9.17) is 4.74 Å². The smallest absolute Gasteiger partial charge is 0.255 e. The van der Waals surface area contributed by atoms with Gasteiger partial charge in [0.05, 0.1) is 12.7 Å². The molecule has 0 fully saturated rings. The third-order valence-corrected chi connectivity index (χ3v) is 4.04. The van der Waals surface area contributed by atoms with Crippen molar-refractivity contribution in [2.45, 2.75) is 26.8 Å². The van der Waals surface area contributed by atoms with Crippen molar-refractivity contribution in [3.8, 4) is 5.75 Å². The van der Waals surface area contributed by atoms with Crippen LogP contribution in [0.4, 0.5) is 10.1 Å². The number of rotatable bonds is 6. The fourth-order valence-electron chi connectivity index (χ4n) is 2.53. The Morgan fingerprint density at radius 3 is 2.46 bits per heavy atom. The topological polar surface area (TPSA) is 67.4 Å². The van der Waals surface area contributed by atoms with Crippen molar-refractivity contribution in [1.82, 2.24) is 5.32 Å². The molecular formula is C20H23FN2O3. The molecule has 0 saturated heterocycles. The molecule has 2 amide bonds. The number of benzene rings is 2. The first-order valence-corrected chi connectivity index (χ1v) is 8.34. The summed E-state index contributed by atoms with van der Waals surface area (Å²) < 4.78 is 18.6. The Balaban J connectivity index is 2.19. The first-order valence-electron chi connectivity index (χ1n) is 8.34. The van der Waals surface area contributed by atoms with E-state index in [0.29, 0.717) is 17.0 Å². The average Bonchev–Trinajstić information content (AvgIpc) is 2.62. The van der Waals surface area contributed by atoms with Gasteiger partial charge < -0.3 is 15.4 Å². The second kappa shape index (κ2) is 8.47. The van der Waals surface area contributed by atoms with Crippen molar-refractivity contribution in [3.63, 3.8) is 0 Å². The summed E-state index contributed by atoms with van der Waals surface area (Å²) in [5.41, 5.74) is 1.46. The Kier molecular flexibility index (Phi) is 6.33. The molecule has 1 unspecified atom stereocenters. The van der Waals surface area contributed by atoms with Gasteiger partial charge in [-0.3, -0.25) is 9.59 Å². The van der Waals surface area contributed by atoms with Crippen LogP contribution in [0.2, 0.25) is 0 Å². The number of para-hydroxylation sites is 1. The van der Waals surface area contributed by atoms with Crippen LogP contribution in [-0.4, -0.2) is 25.0 Å². The highest BCUT2D eigenvalue weighted by atomic mass is 19.1. The van der Waals surface area contributed by atoms with Crippen LogP contribution in [0.1, 0.15) is 29.8 Å². The lowest BCUT2D eigenvalue weighted by Gasteiger charge is -2.22. The highest BCUT2D eigenvalue weighted by Crippen LogP contribution is 2.19. The fraction of sp³-hybridized carbons (Fsp3) is 0.300. The maximum Gasteiger partial charge on any atom is 0.255 e. The van der Waals surface area contributed by atoms with E-state index in [0.717, 1.165) is 5.56 Å². The van der Waals surface area contributed by atoms with Crippen LogP contribution in [0.3, 0.4) is 0 Å². The number of hydrogen-bond acceptors (Lipinski definition) is 3. The number of hydrogen-bond donors (Lipinski definition) is 2. The van der Waals surface area contributed by atoms with E-state index in [1.54, 1.807) is 37.3 Å². The number of amides is 2. The molecule has 0 radical (unpaired) electrons. The monoisotopic (exact) mass is 358 g/mol. The zero-order valence-corrected chi connectivity index (χ0v) is 15.3. The van der Waals surface area contributed by atoms with E-state index in [1.165, 1.54) is 19.2 Å². The lowest BCUT2D eigenvalue weighted by molar-refractivity contribution is -0.118. The molecule has 0 aromatic heterocycles. The van der Waals surface area contributed by atoms with Crippen molar-refractivity contribution >= 4 is 17.5 Å². The quantitative estimate of drug-likeness (QED) is 0.830. The van der Waals surface area contributed by atoms with Gasteiger partial charge in [-0.2, -0.15) is 0 Å². The summed E-state index contributed by atoms with van der Waals surface area (Å²) in [5, 5.41) is 5.43. The van der Waals surface area contributed by atoms with Crippen LogP contribution < -0.4 is 15.4 Å². The number of halogens is 1.